The fourth-order valence-electron chi connectivity index (χ4n) is 4.24. The number of benzene rings is 1. The lowest BCUT2D eigenvalue weighted by atomic mass is 10.1. The molecule has 32 heavy (non-hydrogen) atoms. The second-order valence-corrected chi connectivity index (χ2v) is 7.93. The first-order valence-electron chi connectivity index (χ1n) is 10.8. The van der Waals surface area contributed by atoms with Gasteiger partial charge in [0.1, 0.15) is 12.1 Å². The van der Waals surface area contributed by atoms with E-state index in [2.05, 4.69) is 25.3 Å². The van der Waals surface area contributed by atoms with Crippen LogP contribution in [0.3, 0.4) is 0 Å². The highest BCUT2D eigenvalue weighted by molar-refractivity contribution is 6.00. The Balaban J connectivity index is 1.19. The third-order valence-corrected chi connectivity index (χ3v) is 5.91. The molecular weight excluding hydrogens is 410 g/mol. The van der Waals surface area contributed by atoms with Crippen molar-refractivity contribution in [1.29, 1.82) is 0 Å². The van der Waals surface area contributed by atoms with Gasteiger partial charge in [-0.05, 0) is 12.1 Å². The molecule has 0 bridgehead atoms. The van der Waals surface area contributed by atoms with Crippen molar-refractivity contribution in [3.05, 3.63) is 42.9 Å². The summed E-state index contributed by atoms with van der Waals surface area (Å²) >= 11 is 0. The van der Waals surface area contributed by atoms with Gasteiger partial charge in [-0.15, -0.1) is 0 Å². The topological polar surface area (TPSA) is 105 Å². The number of carbonyl (C=O) groups is 2. The highest BCUT2D eigenvalue weighted by Gasteiger charge is 2.34. The molecule has 166 valence electrons. The summed E-state index contributed by atoms with van der Waals surface area (Å²) in [7, 11) is 0. The largest absolute Gasteiger partial charge is 0.378 e. The van der Waals surface area contributed by atoms with Crippen molar-refractivity contribution in [1.82, 2.24) is 25.1 Å². The zero-order chi connectivity index (χ0) is 21.9. The maximum Gasteiger partial charge on any atom is 0.227 e. The molecule has 3 aromatic rings. The van der Waals surface area contributed by atoms with Gasteiger partial charge < -0.3 is 19.9 Å². The summed E-state index contributed by atoms with van der Waals surface area (Å²) in [5.41, 5.74) is 1.56. The number of morpholine rings is 1. The highest BCUT2D eigenvalue weighted by Crippen LogP contribution is 2.25. The van der Waals surface area contributed by atoms with Crippen LogP contribution < -0.4 is 15.1 Å². The molecule has 1 N–H and O–H groups in total. The number of hydrogen-bond acceptors (Lipinski definition) is 7. The van der Waals surface area contributed by atoms with Gasteiger partial charge in [-0.3, -0.25) is 9.59 Å². The normalized spacial score (nSPS) is 19.0. The van der Waals surface area contributed by atoms with Crippen LogP contribution in [0.15, 0.2) is 42.9 Å². The minimum absolute atomic E-state index is 0.0261. The van der Waals surface area contributed by atoms with E-state index >= 15 is 0 Å². The van der Waals surface area contributed by atoms with Gasteiger partial charge >= 0.3 is 0 Å². The number of ether oxygens (including phenoxy) is 1. The van der Waals surface area contributed by atoms with Gasteiger partial charge in [0.05, 0.1) is 37.3 Å². The first-order valence-corrected chi connectivity index (χ1v) is 10.8. The lowest BCUT2D eigenvalue weighted by Gasteiger charge is -2.27. The van der Waals surface area contributed by atoms with Crippen molar-refractivity contribution in [2.75, 3.05) is 49.2 Å². The van der Waals surface area contributed by atoms with Gasteiger partial charge in [0.25, 0.3) is 0 Å². The molecule has 1 aromatic carbocycles. The van der Waals surface area contributed by atoms with E-state index in [1.807, 2.05) is 30.3 Å². The first-order chi connectivity index (χ1) is 15.7. The van der Waals surface area contributed by atoms with Crippen LogP contribution in [0.1, 0.15) is 6.42 Å². The predicted octanol–water partition coefficient (Wildman–Crippen LogP) is 0.832. The van der Waals surface area contributed by atoms with Gasteiger partial charge in [0, 0.05) is 38.3 Å². The summed E-state index contributed by atoms with van der Waals surface area (Å²) in [4.78, 5) is 37.7. The molecule has 0 unspecified atom stereocenters. The summed E-state index contributed by atoms with van der Waals surface area (Å²) in [5.74, 6) is 0.366. The number of para-hydroxylation sites is 1. The lowest BCUT2D eigenvalue weighted by Crippen LogP contribution is -2.36. The van der Waals surface area contributed by atoms with Crippen LogP contribution in [0.25, 0.3) is 11.0 Å². The Kier molecular flexibility index (Phi) is 5.68. The van der Waals surface area contributed by atoms with Crippen molar-refractivity contribution >= 4 is 34.4 Å². The number of hydrogen-bond donors (Lipinski definition) is 1. The smallest absolute Gasteiger partial charge is 0.227 e. The number of aromatic nitrogens is 4. The van der Waals surface area contributed by atoms with Gasteiger partial charge in [-0.25, -0.2) is 14.6 Å². The molecule has 4 heterocycles. The monoisotopic (exact) mass is 435 g/mol. The lowest BCUT2D eigenvalue weighted by molar-refractivity contribution is -0.126. The van der Waals surface area contributed by atoms with Gasteiger partial charge in [0.2, 0.25) is 11.8 Å². The summed E-state index contributed by atoms with van der Waals surface area (Å²) in [6.45, 7) is 4.21. The van der Waals surface area contributed by atoms with Crippen LogP contribution in [0.5, 0.6) is 0 Å². The number of rotatable bonds is 6. The third-order valence-electron chi connectivity index (χ3n) is 5.91. The zero-order valence-electron chi connectivity index (χ0n) is 17.7. The van der Waals surface area contributed by atoms with Crippen LogP contribution in [-0.2, 0) is 20.9 Å². The molecule has 2 saturated heterocycles. The summed E-state index contributed by atoms with van der Waals surface area (Å²) in [6.07, 6.45) is 3.54. The van der Waals surface area contributed by atoms with Gasteiger partial charge in [-0.2, -0.15) is 5.10 Å². The summed E-state index contributed by atoms with van der Waals surface area (Å²) in [5, 5.41) is 8.29. The minimum atomic E-state index is -0.354. The molecule has 5 rings (SSSR count). The van der Waals surface area contributed by atoms with E-state index in [9.17, 15) is 9.59 Å². The van der Waals surface area contributed by atoms with E-state index in [-0.39, 0.29) is 24.2 Å². The average Bonchev–Trinajstić information content (AvgIpc) is 3.44. The Labute approximate surface area is 185 Å². The second kappa shape index (κ2) is 8.91. The van der Waals surface area contributed by atoms with Crippen LogP contribution in [0, 0.1) is 5.92 Å². The SMILES string of the molecule is O=C(NCCn1ncc2c(N3CCOCC3)ncnc21)[C@@H]1CC(=O)N(c2ccccc2)C1. The van der Waals surface area contributed by atoms with E-state index in [1.165, 1.54) is 0 Å². The standard InChI is InChI=1S/C22H25N7O3/c30-19-12-16(14-28(19)17-4-2-1-3-5-17)22(31)23-6-7-29-21-18(13-26-29)20(24-15-25-21)27-8-10-32-11-9-27/h1-5,13,15-16H,6-12,14H2,(H,23,31)/t16-/m1/s1. The molecule has 2 amide bonds. The molecule has 10 heteroatoms. The number of nitrogens with zero attached hydrogens (tertiary/aromatic N) is 6. The number of carbonyl (C=O) groups excluding carboxylic acids is 2. The minimum Gasteiger partial charge on any atom is -0.378 e. The summed E-state index contributed by atoms with van der Waals surface area (Å²) < 4.78 is 7.20. The van der Waals surface area contributed by atoms with Crippen molar-refractivity contribution in [2.24, 2.45) is 5.92 Å². The maximum absolute atomic E-state index is 12.7. The summed E-state index contributed by atoms with van der Waals surface area (Å²) in [6, 6.07) is 9.45. The molecule has 0 saturated carbocycles. The van der Waals surface area contributed by atoms with Crippen molar-refractivity contribution in [2.45, 2.75) is 13.0 Å². The Hall–Kier alpha value is -3.53. The molecular formula is C22H25N7O3. The molecule has 0 spiro atoms. The predicted molar refractivity (Wildman–Crippen MR) is 118 cm³/mol. The molecule has 0 aliphatic carbocycles. The van der Waals surface area contributed by atoms with E-state index < -0.39 is 0 Å². The first kappa shape index (κ1) is 20.4. The number of anilines is 2. The Bertz CT molecular complexity index is 1110. The van der Waals surface area contributed by atoms with Crippen molar-refractivity contribution < 1.29 is 14.3 Å². The number of nitrogens with one attached hydrogen (secondary N) is 1. The van der Waals surface area contributed by atoms with Gasteiger partial charge in [0.15, 0.2) is 5.65 Å². The fraction of sp³-hybridized carbons (Fsp3) is 0.409. The molecule has 0 radical (unpaired) electrons. The Morgan fingerprint density at radius 2 is 1.97 bits per heavy atom. The third kappa shape index (κ3) is 4.01. The molecule has 1 atom stereocenters. The quantitative estimate of drug-likeness (QED) is 0.611. The average molecular weight is 435 g/mol. The van der Waals surface area contributed by atoms with Gasteiger partial charge in [-0.1, -0.05) is 18.2 Å². The van der Waals surface area contributed by atoms with E-state index in [0.29, 0.717) is 32.8 Å². The molecule has 10 nitrogen and oxygen atoms in total. The molecule has 2 aliphatic heterocycles. The highest BCUT2D eigenvalue weighted by atomic mass is 16.5. The zero-order valence-corrected chi connectivity index (χ0v) is 17.7. The molecule has 2 aliphatic rings. The molecule has 2 fully saturated rings. The molecule has 2 aromatic heterocycles. The van der Waals surface area contributed by atoms with Crippen molar-refractivity contribution in [3.63, 3.8) is 0 Å². The van der Waals surface area contributed by atoms with E-state index in [1.54, 1.807) is 22.1 Å². The van der Waals surface area contributed by atoms with Crippen LogP contribution in [-0.4, -0.2) is 71.0 Å². The number of amides is 2. The van der Waals surface area contributed by atoms with Crippen molar-refractivity contribution in [3.8, 4) is 0 Å². The van der Waals surface area contributed by atoms with E-state index in [0.717, 1.165) is 35.6 Å². The van der Waals surface area contributed by atoms with Crippen LogP contribution in [0.4, 0.5) is 11.5 Å². The van der Waals surface area contributed by atoms with Crippen LogP contribution >= 0.6 is 0 Å². The van der Waals surface area contributed by atoms with Crippen LogP contribution in [0.2, 0.25) is 0 Å². The Morgan fingerprint density at radius 1 is 1.16 bits per heavy atom. The van der Waals surface area contributed by atoms with E-state index in [4.69, 9.17) is 4.74 Å². The number of fused-ring (bicyclic) bond motifs is 1. The maximum atomic E-state index is 12.7. The Morgan fingerprint density at radius 3 is 2.78 bits per heavy atom. The fourth-order valence-corrected chi connectivity index (χ4v) is 4.24. The second-order valence-electron chi connectivity index (χ2n) is 7.93.